The zero-order valence-electron chi connectivity index (χ0n) is 7.44. The molecule has 0 radical (unpaired) electrons. The summed E-state index contributed by atoms with van der Waals surface area (Å²) < 4.78 is 0. The smallest absolute Gasteiger partial charge is 0.181 e. The number of nitrogens with two attached hydrogens (primary N) is 1. The van der Waals surface area contributed by atoms with Crippen LogP contribution in [-0.4, -0.2) is 11.8 Å². The van der Waals surface area contributed by atoms with Gasteiger partial charge in [-0.3, -0.25) is 4.79 Å². The van der Waals surface area contributed by atoms with Crippen LogP contribution in [-0.2, 0) is 0 Å². The minimum atomic E-state index is -0.0823. The summed E-state index contributed by atoms with van der Waals surface area (Å²) in [4.78, 5) is 12.5. The van der Waals surface area contributed by atoms with E-state index in [1.54, 1.807) is 6.07 Å². The molecule has 1 aliphatic carbocycles. The Morgan fingerprint density at radius 1 is 1.57 bits per heavy atom. The lowest BCUT2D eigenvalue weighted by atomic mass is 10.0. The van der Waals surface area contributed by atoms with Crippen molar-refractivity contribution in [3.63, 3.8) is 0 Å². The van der Waals surface area contributed by atoms with Crippen LogP contribution < -0.4 is 5.73 Å². The van der Waals surface area contributed by atoms with Crippen LogP contribution in [0.25, 0.3) is 0 Å². The van der Waals surface area contributed by atoms with Crippen LogP contribution in [0.15, 0.2) is 23.6 Å². The van der Waals surface area contributed by atoms with E-state index in [1.165, 1.54) is 11.3 Å². The molecule has 2 N–H and O–H groups in total. The first-order chi connectivity index (χ1) is 6.68. The van der Waals surface area contributed by atoms with E-state index in [0.717, 1.165) is 0 Å². The number of hydrogen-bond acceptors (Lipinski definition) is 3. The third-order valence-electron chi connectivity index (χ3n) is 2.29. The molecule has 0 saturated carbocycles. The fourth-order valence-corrected chi connectivity index (χ4v) is 2.71. The number of allylic oxidation sites excluding steroid dienone is 1. The Labute approximate surface area is 91.4 Å². The average Bonchev–Trinajstić information content (AvgIpc) is 2.73. The Bertz CT molecular complexity index is 385. The van der Waals surface area contributed by atoms with E-state index in [0.29, 0.717) is 16.3 Å². The number of thiophene rings is 1. The number of ketones is 1. The van der Waals surface area contributed by atoms with Crippen molar-refractivity contribution in [2.45, 2.75) is 12.5 Å². The van der Waals surface area contributed by atoms with Crippen molar-refractivity contribution in [2.75, 3.05) is 0 Å². The third-order valence-corrected chi connectivity index (χ3v) is 3.65. The first kappa shape index (κ1) is 9.90. The quantitative estimate of drug-likeness (QED) is 0.623. The summed E-state index contributed by atoms with van der Waals surface area (Å²) in [5.74, 6) is 0.00958. The van der Waals surface area contributed by atoms with Gasteiger partial charge in [0.25, 0.3) is 0 Å². The van der Waals surface area contributed by atoms with Gasteiger partial charge in [0.1, 0.15) is 0 Å². The van der Waals surface area contributed by atoms with E-state index >= 15 is 0 Å². The maximum absolute atomic E-state index is 11.9. The summed E-state index contributed by atoms with van der Waals surface area (Å²) >= 11 is 7.27. The van der Waals surface area contributed by atoms with E-state index in [-0.39, 0.29) is 17.7 Å². The van der Waals surface area contributed by atoms with Crippen molar-refractivity contribution in [3.05, 3.63) is 33.5 Å². The van der Waals surface area contributed by atoms with Crippen LogP contribution in [0.2, 0.25) is 5.02 Å². The van der Waals surface area contributed by atoms with Crippen molar-refractivity contribution < 1.29 is 4.79 Å². The largest absolute Gasteiger partial charge is 0.324 e. The Balaban J connectivity index is 2.18. The van der Waals surface area contributed by atoms with Gasteiger partial charge in [0.05, 0.1) is 9.90 Å². The fraction of sp³-hybridized carbons (Fsp3) is 0.300. The molecular weight excluding hydrogens is 218 g/mol. The first-order valence-corrected chi connectivity index (χ1v) is 5.65. The number of halogens is 1. The van der Waals surface area contributed by atoms with Gasteiger partial charge in [0.2, 0.25) is 0 Å². The minimum absolute atomic E-state index is 0.0164. The van der Waals surface area contributed by atoms with Gasteiger partial charge in [0, 0.05) is 12.0 Å². The maximum Gasteiger partial charge on any atom is 0.181 e. The summed E-state index contributed by atoms with van der Waals surface area (Å²) in [6.07, 6.45) is 4.46. The first-order valence-electron chi connectivity index (χ1n) is 4.39. The Morgan fingerprint density at radius 2 is 2.36 bits per heavy atom. The van der Waals surface area contributed by atoms with Crippen LogP contribution in [0.5, 0.6) is 0 Å². The number of carbonyl (C=O) groups excluding carboxylic acids is 1. The Kier molecular flexibility index (Phi) is 2.72. The molecule has 0 spiro atoms. The summed E-state index contributed by atoms with van der Waals surface area (Å²) in [6.45, 7) is 0. The van der Waals surface area contributed by atoms with Crippen molar-refractivity contribution in [1.29, 1.82) is 0 Å². The topological polar surface area (TPSA) is 43.1 Å². The third kappa shape index (κ3) is 1.75. The van der Waals surface area contributed by atoms with Crippen LogP contribution in [0.4, 0.5) is 0 Å². The summed E-state index contributed by atoms with van der Waals surface area (Å²) in [7, 11) is 0. The fourth-order valence-electron chi connectivity index (χ4n) is 1.56. The van der Waals surface area contributed by atoms with Crippen LogP contribution in [0.1, 0.15) is 16.1 Å². The van der Waals surface area contributed by atoms with Crippen molar-refractivity contribution in [1.82, 2.24) is 0 Å². The average molecular weight is 228 g/mol. The summed E-state index contributed by atoms with van der Waals surface area (Å²) in [5, 5.41) is 2.38. The second-order valence-electron chi connectivity index (χ2n) is 3.35. The van der Waals surface area contributed by atoms with Gasteiger partial charge >= 0.3 is 0 Å². The molecule has 0 amide bonds. The molecule has 74 valence electrons. The molecule has 1 heterocycles. The normalized spacial score (nSPS) is 25.6. The second kappa shape index (κ2) is 3.85. The highest BCUT2D eigenvalue weighted by Crippen LogP contribution is 2.28. The maximum atomic E-state index is 11.9. The zero-order chi connectivity index (χ0) is 10.1. The molecule has 0 aromatic carbocycles. The van der Waals surface area contributed by atoms with Crippen LogP contribution in [0.3, 0.4) is 0 Å². The van der Waals surface area contributed by atoms with E-state index in [4.69, 9.17) is 17.3 Å². The number of hydrogen-bond donors (Lipinski definition) is 1. The molecule has 0 bridgehead atoms. The molecule has 2 unspecified atom stereocenters. The molecule has 1 aliphatic rings. The number of Topliss-reactive ketones (excluding diaryl/α,β-unsaturated/α-hetero) is 1. The highest BCUT2D eigenvalue weighted by molar-refractivity contribution is 7.12. The van der Waals surface area contributed by atoms with Crippen molar-refractivity contribution in [3.8, 4) is 0 Å². The molecular formula is C10H10ClNOS. The molecule has 0 aliphatic heterocycles. The standard InChI is InChI=1S/C10H10ClNOS/c11-8-3-4-14-10(8)9(13)6-1-2-7(12)5-6/h1-4,6-7H,5,12H2. The van der Waals surface area contributed by atoms with Gasteiger partial charge in [-0.1, -0.05) is 23.8 Å². The van der Waals surface area contributed by atoms with E-state index in [1.807, 2.05) is 17.5 Å². The number of carbonyl (C=O) groups is 1. The van der Waals surface area contributed by atoms with Crippen molar-refractivity contribution >= 4 is 28.7 Å². The predicted molar refractivity (Wildman–Crippen MR) is 58.9 cm³/mol. The lowest BCUT2D eigenvalue weighted by Crippen LogP contribution is -2.18. The second-order valence-corrected chi connectivity index (χ2v) is 4.68. The van der Waals surface area contributed by atoms with Gasteiger partial charge in [-0.25, -0.2) is 0 Å². The van der Waals surface area contributed by atoms with Crippen LogP contribution >= 0.6 is 22.9 Å². The molecule has 0 saturated heterocycles. The summed E-state index contributed by atoms with van der Waals surface area (Å²) in [6, 6.07) is 1.76. The number of rotatable bonds is 2. The van der Waals surface area contributed by atoms with E-state index in [2.05, 4.69) is 0 Å². The molecule has 1 aromatic heterocycles. The lowest BCUT2D eigenvalue weighted by molar-refractivity contribution is 0.0947. The molecule has 2 rings (SSSR count). The van der Waals surface area contributed by atoms with E-state index in [9.17, 15) is 4.79 Å². The highest BCUT2D eigenvalue weighted by Gasteiger charge is 2.25. The summed E-state index contributed by atoms with van der Waals surface area (Å²) in [5.41, 5.74) is 5.69. The minimum Gasteiger partial charge on any atom is -0.324 e. The highest BCUT2D eigenvalue weighted by atomic mass is 35.5. The molecule has 4 heteroatoms. The molecule has 0 fully saturated rings. The monoisotopic (exact) mass is 227 g/mol. The van der Waals surface area contributed by atoms with Gasteiger partial charge in [0.15, 0.2) is 5.78 Å². The van der Waals surface area contributed by atoms with Crippen molar-refractivity contribution in [2.24, 2.45) is 11.7 Å². The lowest BCUT2D eigenvalue weighted by Gasteiger charge is -2.06. The van der Waals surface area contributed by atoms with Crippen LogP contribution in [0, 0.1) is 5.92 Å². The molecule has 14 heavy (non-hydrogen) atoms. The van der Waals surface area contributed by atoms with Gasteiger partial charge in [-0.15, -0.1) is 11.3 Å². The molecule has 2 atom stereocenters. The van der Waals surface area contributed by atoms with Gasteiger partial charge < -0.3 is 5.73 Å². The molecule has 1 aromatic rings. The van der Waals surface area contributed by atoms with Gasteiger partial charge in [-0.2, -0.15) is 0 Å². The molecule has 2 nitrogen and oxygen atoms in total. The Hall–Kier alpha value is -0.640. The zero-order valence-corrected chi connectivity index (χ0v) is 9.02. The SMILES string of the molecule is NC1C=CC(C(=O)c2sccc2Cl)C1. The van der Waals surface area contributed by atoms with Gasteiger partial charge in [-0.05, 0) is 17.9 Å². The predicted octanol–water partition coefficient (Wildman–Crippen LogP) is 2.49. The van der Waals surface area contributed by atoms with E-state index < -0.39 is 0 Å². The Morgan fingerprint density at radius 3 is 2.86 bits per heavy atom.